The Bertz CT molecular complexity index is 919. The molecule has 0 saturated heterocycles. The first kappa shape index (κ1) is 22.7. The predicted octanol–water partition coefficient (Wildman–Crippen LogP) is 8.56. The van der Waals surface area contributed by atoms with E-state index in [1.807, 2.05) is 27.7 Å². The molecule has 1 heteroatoms. The lowest BCUT2D eigenvalue weighted by atomic mass is 9.99. The van der Waals surface area contributed by atoms with Gasteiger partial charge in [-0.1, -0.05) is 106 Å². The monoisotopic (exact) mass is 388 g/mol. The van der Waals surface area contributed by atoms with Crippen LogP contribution in [0.2, 0.25) is 0 Å². The molecular weight excluding hydrogens is 352 g/mol. The maximum atomic E-state index is 6.08. The van der Waals surface area contributed by atoms with Crippen LogP contribution in [0, 0.1) is 6.92 Å². The van der Waals surface area contributed by atoms with Crippen LogP contribution in [-0.4, -0.2) is 6.61 Å². The molecule has 0 N–H and O–H groups in total. The van der Waals surface area contributed by atoms with Gasteiger partial charge in [0.25, 0.3) is 0 Å². The second kappa shape index (κ2) is 11.5. The molecule has 154 valence electrons. The van der Waals surface area contributed by atoms with Crippen LogP contribution in [0.15, 0.2) is 66.2 Å². The van der Waals surface area contributed by atoms with E-state index in [2.05, 4.69) is 80.6 Å². The highest BCUT2D eigenvalue weighted by molar-refractivity contribution is 5.90. The van der Waals surface area contributed by atoms with Crippen LogP contribution in [-0.2, 0) is 0 Å². The highest BCUT2D eigenvalue weighted by Gasteiger charge is 2.34. The molecule has 1 nitrogen and oxygen atoms in total. The summed E-state index contributed by atoms with van der Waals surface area (Å²) in [5.74, 6) is 1.54. The fourth-order valence-corrected chi connectivity index (χ4v) is 3.47. The number of rotatable bonds is 5. The summed E-state index contributed by atoms with van der Waals surface area (Å²) in [7, 11) is 0. The Morgan fingerprint density at radius 3 is 2.28 bits per heavy atom. The lowest BCUT2D eigenvalue weighted by Gasteiger charge is -2.13. The Labute approximate surface area is 177 Å². The summed E-state index contributed by atoms with van der Waals surface area (Å²) < 4.78 is 6.08. The summed E-state index contributed by atoms with van der Waals surface area (Å²) in [6.07, 6.45) is 4.50. The number of benzene rings is 3. The van der Waals surface area contributed by atoms with Crippen LogP contribution in [0.5, 0.6) is 5.75 Å². The van der Waals surface area contributed by atoms with Crippen molar-refractivity contribution in [2.75, 3.05) is 6.61 Å². The van der Waals surface area contributed by atoms with Crippen molar-refractivity contribution in [3.05, 3.63) is 82.9 Å². The Morgan fingerprint density at radius 1 is 0.897 bits per heavy atom. The second-order valence-electron chi connectivity index (χ2n) is 6.93. The van der Waals surface area contributed by atoms with Crippen molar-refractivity contribution in [3.8, 4) is 5.75 Å². The van der Waals surface area contributed by atoms with E-state index in [-0.39, 0.29) is 0 Å². The first-order valence-corrected chi connectivity index (χ1v) is 11.2. The summed E-state index contributed by atoms with van der Waals surface area (Å²) >= 11 is 0. The van der Waals surface area contributed by atoms with E-state index < -0.39 is 0 Å². The third kappa shape index (κ3) is 5.73. The van der Waals surface area contributed by atoms with Gasteiger partial charge in [-0.3, -0.25) is 0 Å². The summed E-state index contributed by atoms with van der Waals surface area (Å²) in [5.41, 5.74) is 5.46. The molecule has 1 fully saturated rings. The molecule has 0 heterocycles. The van der Waals surface area contributed by atoms with E-state index in [1.54, 1.807) is 0 Å². The highest BCUT2D eigenvalue weighted by Crippen LogP contribution is 2.53. The maximum Gasteiger partial charge on any atom is 0.123 e. The van der Waals surface area contributed by atoms with Crippen LogP contribution in [0.1, 0.15) is 70.1 Å². The molecule has 1 saturated carbocycles. The highest BCUT2D eigenvalue weighted by atomic mass is 16.5. The van der Waals surface area contributed by atoms with Gasteiger partial charge in [0.2, 0.25) is 0 Å². The molecule has 1 aliphatic carbocycles. The molecule has 0 spiro atoms. The van der Waals surface area contributed by atoms with E-state index in [0.29, 0.717) is 5.92 Å². The molecule has 3 aromatic rings. The lowest BCUT2D eigenvalue weighted by molar-refractivity contribution is 0.315. The molecule has 1 aliphatic rings. The largest absolute Gasteiger partial charge is 0.493 e. The zero-order chi connectivity index (χ0) is 21.2. The van der Waals surface area contributed by atoms with E-state index in [9.17, 15) is 0 Å². The molecule has 0 aromatic heterocycles. The summed E-state index contributed by atoms with van der Waals surface area (Å²) in [6.45, 7) is 13.1. The zero-order valence-electron chi connectivity index (χ0n) is 19.0. The number of hydrogen-bond donors (Lipinski definition) is 0. The van der Waals surface area contributed by atoms with Gasteiger partial charge in [0.15, 0.2) is 0 Å². The standard InChI is InChI=1S/C24H24O.2C2H6/c1-3-14-25-23-13-12-19-6-4-5-7-21(19)24(23)22-16-20(22)15-18-10-8-17(2)9-11-18;2*1-2/h4-13,15,22H,3,14,16H2,1-2H3;2*1-2H3. The van der Waals surface area contributed by atoms with Gasteiger partial charge < -0.3 is 4.74 Å². The zero-order valence-corrected chi connectivity index (χ0v) is 19.0. The maximum absolute atomic E-state index is 6.08. The molecule has 4 rings (SSSR count). The van der Waals surface area contributed by atoms with Crippen LogP contribution < -0.4 is 4.74 Å². The SMILES string of the molecule is CC.CC.CCCOc1ccc2ccccc2c1C1CC1=Cc1ccc(C)cc1. The number of ether oxygens (including phenoxy) is 1. The first-order chi connectivity index (χ1) is 14.3. The van der Waals surface area contributed by atoms with E-state index >= 15 is 0 Å². The quantitative estimate of drug-likeness (QED) is 0.425. The van der Waals surface area contributed by atoms with Gasteiger partial charge in [-0.05, 0) is 42.2 Å². The third-order valence-corrected chi connectivity index (χ3v) is 4.90. The topological polar surface area (TPSA) is 9.23 Å². The first-order valence-electron chi connectivity index (χ1n) is 11.2. The van der Waals surface area contributed by atoms with Crippen molar-refractivity contribution < 1.29 is 4.74 Å². The van der Waals surface area contributed by atoms with Gasteiger partial charge in [0.1, 0.15) is 5.75 Å². The van der Waals surface area contributed by atoms with Crippen LogP contribution >= 0.6 is 0 Å². The van der Waals surface area contributed by atoms with Crippen molar-refractivity contribution in [2.24, 2.45) is 0 Å². The van der Waals surface area contributed by atoms with Crippen molar-refractivity contribution in [1.82, 2.24) is 0 Å². The minimum absolute atomic E-state index is 0.485. The van der Waals surface area contributed by atoms with Gasteiger partial charge in [-0.25, -0.2) is 0 Å². The summed E-state index contributed by atoms with van der Waals surface area (Å²) in [4.78, 5) is 0. The average molecular weight is 389 g/mol. The number of aryl methyl sites for hydroxylation is 1. The average Bonchev–Trinajstić information content (AvgIpc) is 3.54. The molecule has 1 atom stereocenters. The van der Waals surface area contributed by atoms with Crippen molar-refractivity contribution >= 4 is 16.8 Å². The lowest BCUT2D eigenvalue weighted by Crippen LogP contribution is -1.99. The van der Waals surface area contributed by atoms with Gasteiger partial charge in [-0.2, -0.15) is 0 Å². The van der Waals surface area contributed by atoms with Gasteiger partial charge in [-0.15, -0.1) is 0 Å². The van der Waals surface area contributed by atoms with Crippen molar-refractivity contribution in [1.29, 1.82) is 0 Å². The fraction of sp³-hybridized carbons (Fsp3) is 0.357. The minimum Gasteiger partial charge on any atom is -0.493 e. The molecule has 0 amide bonds. The Kier molecular flexibility index (Phi) is 8.99. The second-order valence-corrected chi connectivity index (χ2v) is 6.93. The number of hydrogen-bond acceptors (Lipinski definition) is 1. The summed E-state index contributed by atoms with van der Waals surface area (Å²) in [5, 5.41) is 2.62. The van der Waals surface area contributed by atoms with Crippen LogP contribution in [0.3, 0.4) is 0 Å². The Morgan fingerprint density at radius 2 is 1.59 bits per heavy atom. The Balaban J connectivity index is 0.000000707. The molecule has 0 aliphatic heterocycles. The van der Waals surface area contributed by atoms with Gasteiger partial charge in [0, 0.05) is 11.5 Å². The van der Waals surface area contributed by atoms with Gasteiger partial charge >= 0.3 is 0 Å². The van der Waals surface area contributed by atoms with Crippen LogP contribution in [0.4, 0.5) is 0 Å². The normalized spacial score (nSPS) is 15.8. The molecular formula is C28H36O. The predicted molar refractivity (Wildman–Crippen MR) is 129 cm³/mol. The molecule has 0 bridgehead atoms. The van der Waals surface area contributed by atoms with E-state index in [0.717, 1.165) is 25.2 Å². The van der Waals surface area contributed by atoms with Crippen molar-refractivity contribution in [3.63, 3.8) is 0 Å². The van der Waals surface area contributed by atoms with E-state index in [1.165, 1.54) is 33.0 Å². The molecule has 0 radical (unpaired) electrons. The molecule has 29 heavy (non-hydrogen) atoms. The van der Waals surface area contributed by atoms with Crippen molar-refractivity contribution in [2.45, 2.75) is 60.3 Å². The van der Waals surface area contributed by atoms with E-state index in [4.69, 9.17) is 4.74 Å². The third-order valence-electron chi connectivity index (χ3n) is 4.90. The van der Waals surface area contributed by atoms with Crippen LogP contribution in [0.25, 0.3) is 16.8 Å². The smallest absolute Gasteiger partial charge is 0.123 e. The summed E-state index contributed by atoms with van der Waals surface area (Å²) in [6, 6.07) is 21.7. The molecule has 1 unspecified atom stereocenters. The van der Waals surface area contributed by atoms with Gasteiger partial charge in [0.05, 0.1) is 6.61 Å². The number of fused-ring (bicyclic) bond motifs is 1. The Hall–Kier alpha value is -2.54. The fourth-order valence-electron chi connectivity index (χ4n) is 3.47. The minimum atomic E-state index is 0.485. The molecule has 3 aromatic carbocycles. The number of allylic oxidation sites excluding steroid dienone is 1.